The first-order valence-corrected chi connectivity index (χ1v) is 13.9. The molecular formula is C35H30N2O6. The number of fused-ring (bicyclic) bond motifs is 2. The van der Waals surface area contributed by atoms with Crippen LogP contribution in [-0.4, -0.2) is 36.8 Å². The summed E-state index contributed by atoms with van der Waals surface area (Å²) in [7, 11) is 3.06. The highest BCUT2D eigenvalue weighted by atomic mass is 16.5. The Hall–Kier alpha value is -5.50. The largest absolute Gasteiger partial charge is 0.507 e. The Bertz CT molecular complexity index is 1990. The van der Waals surface area contributed by atoms with Gasteiger partial charge in [-0.1, -0.05) is 60.7 Å². The van der Waals surface area contributed by atoms with E-state index in [0.717, 1.165) is 27.7 Å². The lowest BCUT2D eigenvalue weighted by atomic mass is 9.85. The second-order valence-electron chi connectivity index (χ2n) is 10.1. The average Bonchev–Trinajstić information content (AvgIpc) is 3.40. The Morgan fingerprint density at radius 2 is 1.63 bits per heavy atom. The van der Waals surface area contributed by atoms with Crippen molar-refractivity contribution in [3.63, 3.8) is 0 Å². The number of methoxy groups -OCH3 is 2. The van der Waals surface area contributed by atoms with Crippen molar-refractivity contribution in [2.24, 2.45) is 0 Å². The van der Waals surface area contributed by atoms with Crippen molar-refractivity contribution in [1.82, 2.24) is 10.3 Å². The molecule has 4 aromatic carbocycles. The van der Waals surface area contributed by atoms with Crippen LogP contribution in [0.15, 0.2) is 106 Å². The number of ether oxygens (including phenoxy) is 2. The summed E-state index contributed by atoms with van der Waals surface area (Å²) < 4.78 is 16.4. The molecule has 6 aromatic rings. The maximum absolute atomic E-state index is 13.5. The summed E-state index contributed by atoms with van der Waals surface area (Å²) in [5.74, 6) is -0.0714. The zero-order valence-corrected chi connectivity index (χ0v) is 23.7. The number of hydrogen-bond acceptors (Lipinski definition) is 6. The van der Waals surface area contributed by atoms with Crippen LogP contribution in [0, 0.1) is 0 Å². The number of benzene rings is 4. The SMILES string of the molecule is COc1ccc(C(=O)NCCc2c(C(c3ccccc3)c3c(O)c4ccccc4oc3=O)[nH]c3ccccc23)c(OC)c1. The van der Waals surface area contributed by atoms with E-state index in [1.165, 1.54) is 7.11 Å². The summed E-state index contributed by atoms with van der Waals surface area (Å²) >= 11 is 0. The fraction of sp³-hybridized carbons (Fsp3) is 0.143. The Balaban J connectivity index is 1.43. The van der Waals surface area contributed by atoms with Gasteiger partial charge in [0, 0.05) is 29.2 Å². The second-order valence-corrected chi connectivity index (χ2v) is 10.1. The zero-order chi connectivity index (χ0) is 29.9. The van der Waals surface area contributed by atoms with Crippen molar-refractivity contribution in [3.8, 4) is 17.2 Å². The normalized spacial score (nSPS) is 11.9. The minimum Gasteiger partial charge on any atom is -0.507 e. The minimum atomic E-state index is -0.665. The topological polar surface area (TPSA) is 114 Å². The summed E-state index contributed by atoms with van der Waals surface area (Å²) in [6, 6.07) is 29.4. The highest BCUT2D eigenvalue weighted by Crippen LogP contribution is 2.41. The lowest BCUT2D eigenvalue weighted by Crippen LogP contribution is -2.26. The summed E-state index contributed by atoms with van der Waals surface area (Å²) in [5.41, 5.74) is 3.57. The van der Waals surface area contributed by atoms with Crippen LogP contribution in [-0.2, 0) is 6.42 Å². The average molecular weight is 575 g/mol. The first-order chi connectivity index (χ1) is 21.0. The number of H-pyrrole nitrogens is 1. The molecule has 0 aliphatic carbocycles. The number of carbonyl (C=O) groups is 1. The van der Waals surface area contributed by atoms with Crippen molar-refractivity contribution < 1.29 is 23.8 Å². The molecule has 0 spiro atoms. The van der Waals surface area contributed by atoms with E-state index in [4.69, 9.17) is 13.9 Å². The van der Waals surface area contributed by atoms with Crippen molar-refractivity contribution in [2.45, 2.75) is 12.3 Å². The van der Waals surface area contributed by atoms with E-state index in [9.17, 15) is 14.7 Å². The molecular weight excluding hydrogens is 544 g/mol. The summed E-state index contributed by atoms with van der Waals surface area (Å²) in [6.07, 6.45) is 0.451. The predicted molar refractivity (Wildman–Crippen MR) is 165 cm³/mol. The van der Waals surface area contributed by atoms with Crippen LogP contribution in [0.1, 0.15) is 38.7 Å². The van der Waals surface area contributed by atoms with Crippen molar-refractivity contribution in [1.29, 1.82) is 0 Å². The fourth-order valence-electron chi connectivity index (χ4n) is 5.64. The van der Waals surface area contributed by atoms with Crippen molar-refractivity contribution in [2.75, 3.05) is 20.8 Å². The molecule has 8 heteroatoms. The molecule has 1 atom stereocenters. The summed E-state index contributed by atoms with van der Waals surface area (Å²) in [5, 5.41) is 15.9. The monoisotopic (exact) mass is 574 g/mol. The fourth-order valence-corrected chi connectivity index (χ4v) is 5.64. The predicted octanol–water partition coefficient (Wildman–Crippen LogP) is 6.15. The number of aromatic amines is 1. The number of carbonyl (C=O) groups excluding carboxylic acids is 1. The Morgan fingerprint density at radius 1 is 0.907 bits per heavy atom. The van der Waals surface area contributed by atoms with E-state index in [1.54, 1.807) is 49.6 Å². The van der Waals surface area contributed by atoms with Gasteiger partial charge in [0.25, 0.3) is 5.91 Å². The molecule has 216 valence electrons. The van der Waals surface area contributed by atoms with Crippen molar-refractivity contribution in [3.05, 3.63) is 135 Å². The quantitative estimate of drug-likeness (QED) is 0.179. The Morgan fingerprint density at radius 3 is 2.40 bits per heavy atom. The van der Waals surface area contributed by atoms with Crippen molar-refractivity contribution >= 4 is 27.8 Å². The molecule has 1 unspecified atom stereocenters. The number of nitrogens with one attached hydrogen (secondary N) is 2. The number of hydrogen-bond donors (Lipinski definition) is 3. The minimum absolute atomic E-state index is 0.120. The van der Waals surface area contributed by atoms with Gasteiger partial charge in [0.15, 0.2) is 0 Å². The van der Waals surface area contributed by atoms with Gasteiger partial charge in [-0.2, -0.15) is 0 Å². The summed E-state index contributed by atoms with van der Waals surface area (Å²) in [6.45, 7) is 0.308. The number of amides is 1. The highest BCUT2D eigenvalue weighted by molar-refractivity contribution is 5.97. The first kappa shape index (κ1) is 27.7. The van der Waals surface area contributed by atoms with E-state index in [2.05, 4.69) is 10.3 Å². The van der Waals surface area contributed by atoms with Crippen LogP contribution in [0.25, 0.3) is 21.9 Å². The molecule has 43 heavy (non-hydrogen) atoms. The number of para-hydroxylation sites is 2. The molecule has 3 N–H and O–H groups in total. The van der Waals surface area contributed by atoms with Gasteiger partial charge in [-0.3, -0.25) is 4.79 Å². The lowest BCUT2D eigenvalue weighted by Gasteiger charge is -2.20. The number of rotatable bonds is 9. The molecule has 0 bridgehead atoms. The van der Waals surface area contributed by atoms with Gasteiger partial charge < -0.3 is 29.3 Å². The standard InChI is InChI=1S/C35H30N2O6/c1-41-22-16-17-26(29(20-22)42-2)34(39)36-19-18-24-23-12-6-8-14-27(23)37-32(24)30(21-10-4-3-5-11-21)31-33(38)25-13-7-9-15-28(25)43-35(31)40/h3-17,20,30,37-38H,18-19H2,1-2H3,(H,36,39). The molecule has 0 aliphatic heterocycles. The van der Waals surface area contributed by atoms with E-state index < -0.39 is 11.5 Å². The van der Waals surface area contributed by atoms with Crippen LogP contribution in [0.4, 0.5) is 0 Å². The van der Waals surface area contributed by atoms with Gasteiger partial charge in [0.1, 0.15) is 22.8 Å². The van der Waals surface area contributed by atoms with Gasteiger partial charge >= 0.3 is 5.63 Å². The van der Waals surface area contributed by atoms with Gasteiger partial charge in [-0.15, -0.1) is 0 Å². The molecule has 6 rings (SSSR count). The molecule has 8 nitrogen and oxygen atoms in total. The molecule has 0 saturated carbocycles. The van der Waals surface area contributed by atoms with Crippen LogP contribution >= 0.6 is 0 Å². The van der Waals surface area contributed by atoms with E-state index in [0.29, 0.717) is 41.0 Å². The van der Waals surface area contributed by atoms with E-state index in [-0.39, 0.29) is 17.2 Å². The number of aromatic hydroxyl groups is 1. The van der Waals surface area contributed by atoms with E-state index in [1.807, 2.05) is 54.6 Å². The summed E-state index contributed by atoms with van der Waals surface area (Å²) in [4.78, 5) is 30.2. The second kappa shape index (κ2) is 11.8. The van der Waals surface area contributed by atoms with Crippen LogP contribution in [0.3, 0.4) is 0 Å². The third kappa shape index (κ3) is 5.19. The third-order valence-corrected chi connectivity index (χ3v) is 7.69. The molecule has 0 saturated heterocycles. The molecule has 1 amide bonds. The third-order valence-electron chi connectivity index (χ3n) is 7.69. The maximum atomic E-state index is 13.5. The highest BCUT2D eigenvalue weighted by Gasteiger charge is 2.30. The van der Waals surface area contributed by atoms with Crippen LogP contribution in [0.2, 0.25) is 0 Å². The van der Waals surface area contributed by atoms with E-state index >= 15 is 0 Å². The smallest absolute Gasteiger partial charge is 0.344 e. The Labute approximate surface area is 247 Å². The van der Waals surface area contributed by atoms with Gasteiger partial charge in [-0.05, 0) is 47.9 Å². The first-order valence-electron chi connectivity index (χ1n) is 13.9. The Kier molecular flexibility index (Phi) is 7.57. The molecule has 2 heterocycles. The zero-order valence-electron chi connectivity index (χ0n) is 23.7. The number of aromatic nitrogens is 1. The maximum Gasteiger partial charge on any atom is 0.344 e. The van der Waals surface area contributed by atoms with Gasteiger partial charge in [-0.25, -0.2) is 4.79 Å². The van der Waals surface area contributed by atoms with Gasteiger partial charge in [0.2, 0.25) is 0 Å². The molecule has 0 aliphatic rings. The lowest BCUT2D eigenvalue weighted by molar-refractivity contribution is 0.0951. The van der Waals surface area contributed by atoms with Crippen LogP contribution in [0.5, 0.6) is 17.2 Å². The molecule has 2 aromatic heterocycles. The van der Waals surface area contributed by atoms with Crippen LogP contribution < -0.4 is 20.4 Å². The molecule has 0 fully saturated rings. The molecule has 0 radical (unpaired) electrons. The van der Waals surface area contributed by atoms with Gasteiger partial charge in [0.05, 0.1) is 36.7 Å².